The predicted molar refractivity (Wildman–Crippen MR) is 97.4 cm³/mol. The number of carbonyl (C=O) groups excluding carboxylic acids is 1. The topological polar surface area (TPSA) is 102 Å². The molecule has 2 aromatic rings. The van der Waals surface area contributed by atoms with E-state index < -0.39 is 12.1 Å². The van der Waals surface area contributed by atoms with Gasteiger partial charge in [0.15, 0.2) is 6.61 Å². The van der Waals surface area contributed by atoms with Crippen LogP contribution in [-0.2, 0) is 9.59 Å². The first-order valence-corrected chi connectivity index (χ1v) is 8.68. The molecule has 0 saturated heterocycles. The third-order valence-corrected chi connectivity index (χ3v) is 4.34. The van der Waals surface area contributed by atoms with E-state index in [9.17, 15) is 9.59 Å². The lowest BCUT2D eigenvalue weighted by molar-refractivity contribution is -0.136. The second-order valence-corrected chi connectivity index (χ2v) is 6.50. The fraction of sp³-hybridized carbons (Fsp3) is 0.333. The molecule has 0 fully saturated rings. The fourth-order valence-electron chi connectivity index (χ4n) is 2.62. The maximum Gasteiger partial charge on any atom is 0.305 e. The molecule has 1 aromatic carbocycles. The minimum atomic E-state index is -0.991. The van der Waals surface area contributed by atoms with Crippen LogP contribution in [0, 0.1) is 6.92 Å². The number of ether oxygens (including phenoxy) is 2. The number of nitrogens with zero attached hydrogens (tertiary/aromatic N) is 3. The second kappa shape index (κ2) is 7.79. The van der Waals surface area contributed by atoms with Gasteiger partial charge in [-0.3, -0.25) is 9.59 Å². The Labute approximate surface area is 160 Å². The van der Waals surface area contributed by atoms with Gasteiger partial charge in [0.05, 0.1) is 22.8 Å². The zero-order valence-electron chi connectivity index (χ0n) is 14.8. The largest absolute Gasteiger partial charge is 0.483 e. The number of aryl methyl sites for hydroxylation is 1. The number of rotatable bonds is 6. The molecule has 1 aliphatic rings. The van der Waals surface area contributed by atoms with Gasteiger partial charge in [0.1, 0.15) is 23.3 Å². The van der Waals surface area contributed by atoms with E-state index in [1.807, 2.05) is 26.0 Å². The average Bonchev–Trinajstić information content (AvgIpc) is 2.62. The van der Waals surface area contributed by atoms with Gasteiger partial charge >= 0.3 is 5.97 Å². The summed E-state index contributed by atoms with van der Waals surface area (Å²) in [5.41, 5.74) is 1.87. The molecule has 3 rings (SSSR count). The summed E-state index contributed by atoms with van der Waals surface area (Å²) in [4.78, 5) is 24.3. The number of carboxylic acids is 1. The number of carbonyl (C=O) groups is 2. The summed E-state index contributed by atoms with van der Waals surface area (Å²) < 4.78 is 11.4. The number of anilines is 1. The lowest BCUT2D eigenvalue weighted by atomic mass is 10.2. The molecule has 2 heterocycles. The molecule has 0 unspecified atom stereocenters. The maximum absolute atomic E-state index is 12.1. The molecule has 1 amide bonds. The van der Waals surface area contributed by atoms with Crippen LogP contribution in [0.15, 0.2) is 24.3 Å². The minimum Gasteiger partial charge on any atom is -0.483 e. The number of halogens is 1. The molecule has 9 heteroatoms. The van der Waals surface area contributed by atoms with Crippen molar-refractivity contribution >= 4 is 29.2 Å². The number of hydrogen-bond acceptors (Lipinski definition) is 6. The number of hydrogen-bond donors (Lipinski definition) is 1. The van der Waals surface area contributed by atoms with E-state index >= 15 is 0 Å². The number of aliphatic carboxylic acids is 1. The van der Waals surface area contributed by atoms with Gasteiger partial charge in [0, 0.05) is 12.6 Å². The van der Waals surface area contributed by atoms with Crippen molar-refractivity contribution in [1.82, 2.24) is 10.2 Å². The quantitative estimate of drug-likeness (QED) is 0.807. The van der Waals surface area contributed by atoms with E-state index in [4.69, 9.17) is 26.2 Å². The van der Waals surface area contributed by atoms with Crippen LogP contribution in [0.2, 0.25) is 5.02 Å². The number of benzene rings is 1. The summed E-state index contributed by atoms with van der Waals surface area (Å²) >= 11 is 6.32. The Morgan fingerprint density at radius 3 is 2.85 bits per heavy atom. The number of fused-ring (bicyclic) bond motifs is 1. The molecule has 27 heavy (non-hydrogen) atoms. The zero-order chi connectivity index (χ0) is 19.6. The van der Waals surface area contributed by atoms with Crippen LogP contribution in [0.5, 0.6) is 11.5 Å². The molecule has 1 aromatic heterocycles. The predicted octanol–water partition coefficient (Wildman–Crippen LogP) is 2.78. The molecule has 0 bridgehead atoms. The van der Waals surface area contributed by atoms with Crippen LogP contribution >= 0.6 is 11.6 Å². The Kier molecular flexibility index (Phi) is 5.46. The van der Waals surface area contributed by atoms with Crippen molar-refractivity contribution < 1.29 is 24.2 Å². The van der Waals surface area contributed by atoms with Gasteiger partial charge in [0.2, 0.25) is 0 Å². The highest BCUT2D eigenvalue weighted by atomic mass is 35.5. The highest BCUT2D eigenvalue weighted by molar-refractivity contribution is 6.32. The lowest BCUT2D eigenvalue weighted by Gasteiger charge is -2.30. The maximum atomic E-state index is 12.1. The first-order chi connectivity index (χ1) is 12.8. The van der Waals surface area contributed by atoms with Crippen LogP contribution in [0.3, 0.4) is 0 Å². The van der Waals surface area contributed by atoms with Crippen LogP contribution in [-0.4, -0.2) is 40.3 Å². The van der Waals surface area contributed by atoms with Gasteiger partial charge in [-0.1, -0.05) is 11.6 Å². The van der Waals surface area contributed by atoms with Crippen molar-refractivity contribution in [2.24, 2.45) is 0 Å². The molecular weight excluding hydrogens is 374 g/mol. The summed E-state index contributed by atoms with van der Waals surface area (Å²) in [6.07, 6.45) is -0.577. The van der Waals surface area contributed by atoms with E-state index in [0.717, 1.165) is 5.69 Å². The zero-order valence-corrected chi connectivity index (χ0v) is 15.6. The fourth-order valence-corrected chi connectivity index (χ4v) is 2.82. The van der Waals surface area contributed by atoms with Gasteiger partial charge in [-0.2, -0.15) is 10.2 Å². The molecular formula is C18H18ClN3O5. The first kappa shape index (κ1) is 18.9. The molecule has 1 atom stereocenters. The van der Waals surface area contributed by atoms with Gasteiger partial charge in [-0.15, -0.1) is 0 Å². The van der Waals surface area contributed by atoms with Gasteiger partial charge < -0.3 is 19.5 Å². The van der Waals surface area contributed by atoms with Crippen LogP contribution < -0.4 is 14.4 Å². The number of carboxylic acid groups (broad SMARTS) is 1. The van der Waals surface area contributed by atoms with Crippen molar-refractivity contribution in [3.63, 3.8) is 0 Å². The molecule has 0 radical (unpaired) electrons. The third-order valence-electron chi connectivity index (χ3n) is 4.04. The van der Waals surface area contributed by atoms with Crippen molar-refractivity contribution in [2.75, 3.05) is 18.1 Å². The van der Waals surface area contributed by atoms with Crippen LogP contribution in [0.25, 0.3) is 0 Å². The SMILES string of the molecule is Cc1ccc([C@@H](C)Oc2cc3c(cc2Cl)N(CCC(=O)O)C(=O)CO3)nn1. The standard InChI is InChI=1S/C18H18ClN3O5/c1-10-3-4-13(21-20-10)11(2)27-15-8-16-14(7-12(15)19)22(6-5-18(24)25)17(23)9-26-16/h3-4,7-8,11H,5-6,9H2,1-2H3,(H,24,25)/t11-/m1/s1. The normalized spacial score (nSPS) is 14.3. The average molecular weight is 392 g/mol. The summed E-state index contributed by atoms with van der Waals surface area (Å²) in [6.45, 7) is 3.53. The van der Waals surface area contributed by atoms with Crippen LogP contribution in [0.4, 0.5) is 5.69 Å². The van der Waals surface area contributed by atoms with E-state index in [0.29, 0.717) is 22.9 Å². The highest BCUT2D eigenvalue weighted by Crippen LogP contribution is 2.41. The van der Waals surface area contributed by atoms with Crippen molar-refractivity contribution in [1.29, 1.82) is 0 Å². The Morgan fingerprint density at radius 1 is 1.41 bits per heavy atom. The van der Waals surface area contributed by atoms with E-state index in [1.165, 1.54) is 4.90 Å². The number of aromatic nitrogens is 2. The molecule has 1 aliphatic heterocycles. The van der Waals surface area contributed by atoms with E-state index in [1.54, 1.807) is 12.1 Å². The van der Waals surface area contributed by atoms with Crippen molar-refractivity contribution in [2.45, 2.75) is 26.4 Å². The van der Waals surface area contributed by atoms with Gasteiger partial charge in [-0.05, 0) is 32.0 Å². The molecule has 0 spiro atoms. The first-order valence-electron chi connectivity index (χ1n) is 8.30. The molecule has 1 N–H and O–H groups in total. The monoisotopic (exact) mass is 391 g/mol. The second-order valence-electron chi connectivity index (χ2n) is 6.09. The van der Waals surface area contributed by atoms with Gasteiger partial charge in [-0.25, -0.2) is 0 Å². The van der Waals surface area contributed by atoms with Gasteiger partial charge in [0.25, 0.3) is 5.91 Å². The smallest absolute Gasteiger partial charge is 0.305 e. The molecule has 0 aliphatic carbocycles. The lowest BCUT2D eigenvalue weighted by Crippen LogP contribution is -2.40. The molecule has 142 valence electrons. The minimum absolute atomic E-state index is 0.0381. The van der Waals surface area contributed by atoms with Crippen molar-refractivity contribution in [3.05, 3.63) is 40.7 Å². The van der Waals surface area contributed by atoms with Crippen molar-refractivity contribution in [3.8, 4) is 11.5 Å². The Bertz CT molecular complexity index is 872. The molecule has 8 nitrogen and oxygen atoms in total. The number of amides is 1. The van der Waals surface area contributed by atoms with E-state index in [2.05, 4.69) is 10.2 Å². The highest BCUT2D eigenvalue weighted by Gasteiger charge is 2.28. The summed E-state index contributed by atoms with van der Waals surface area (Å²) in [5, 5.41) is 17.3. The Balaban J connectivity index is 1.84. The Hall–Kier alpha value is -2.87. The summed E-state index contributed by atoms with van der Waals surface area (Å²) in [5.74, 6) is -0.536. The summed E-state index contributed by atoms with van der Waals surface area (Å²) in [7, 11) is 0. The van der Waals surface area contributed by atoms with Crippen LogP contribution in [0.1, 0.15) is 30.8 Å². The van der Waals surface area contributed by atoms with E-state index in [-0.39, 0.29) is 30.5 Å². The third kappa shape index (κ3) is 4.28. The molecule has 0 saturated carbocycles. The Morgan fingerprint density at radius 2 is 2.19 bits per heavy atom. The summed E-state index contributed by atoms with van der Waals surface area (Å²) in [6, 6.07) is 6.79.